The van der Waals surface area contributed by atoms with Crippen molar-refractivity contribution in [3.63, 3.8) is 0 Å². The molecule has 4 rings (SSSR count). The zero-order valence-corrected chi connectivity index (χ0v) is 14.5. The molecule has 1 fully saturated rings. The van der Waals surface area contributed by atoms with Crippen LogP contribution in [0.5, 0.6) is 5.75 Å². The van der Waals surface area contributed by atoms with Crippen LogP contribution in [0, 0.1) is 5.41 Å². The van der Waals surface area contributed by atoms with E-state index in [1.807, 2.05) is 12.3 Å². The minimum atomic E-state index is -0.304. The summed E-state index contributed by atoms with van der Waals surface area (Å²) >= 11 is 1.32. The van der Waals surface area contributed by atoms with E-state index in [1.165, 1.54) is 11.5 Å². The summed E-state index contributed by atoms with van der Waals surface area (Å²) in [6.07, 6.45) is 8.75. The molecule has 0 aromatic carbocycles. The molecule has 0 unspecified atom stereocenters. The van der Waals surface area contributed by atoms with Gasteiger partial charge in [-0.1, -0.05) is 0 Å². The average Bonchev–Trinajstić information content (AvgIpc) is 3.00. The van der Waals surface area contributed by atoms with Gasteiger partial charge in [-0.05, 0) is 30.4 Å². The third-order valence-corrected chi connectivity index (χ3v) is 4.95. The highest BCUT2D eigenvalue weighted by Crippen LogP contribution is 2.47. The second-order valence-electron chi connectivity index (χ2n) is 6.17. The summed E-state index contributed by atoms with van der Waals surface area (Å²) in [6.45, 7) is 0.283. The van der Waals surface area contributed by atoms with Gasteiger partial charge in [0.2, 0.25) is 5.95 Å². The van der Waals surface area contributed by atoms with E-state index in [-0.39, 0.29) is 12.1 Å². The van der Waals surface area contributed by atoms with E-state index in [4.69, 9.17) is 4.74 Å². The molecule has 0 radical (unpaired) electrons. The SMILES string of the molecule is COc1cnc(Nc2ccns2)nc1-c1cnn(CC2(CF)CC2)c1. The zero-order valence-electron chi connectivity index (χ0n) is 13.6. The Morgan fingerprint density at radius 1 is 1.40 bits per heavy atom. The lowest BCUT2D eigenvalue weighted by atomic mass is 10.1. The van der Waals surface area contributed by atoms with Gasteiger partial charge in [-0.3, -0.25) is 9.07 Å². The number of hydrogen-bond donors (Lipinski definition) is 1. The van der Waals surface area contributed by atoms with Crippen molar-refractivity contribution >= 4 is 22.5 Å². The summed E-state index contributed by atoms with van der Waals surface area (Å²) in [5.74, 6) is 1.01. The van der Waals surface area contributed by atoms with E-state index >= 15 is 0 Å². The van der Waals surface area contributed by atoms with Crippen LogP contribution >= 0.6 is 11.5 Å². The summed E-state index contributed by atoms with van der Waals surface area (Å²) in [5.41, 5.74) is 1.22. The van der Waals surface area contributed by atoms with Gasteiger partial charge in [0, 0.05) is 29.9 Å². The lowest BCUT2D eigenvalue weighted by Gasteiger charge is -2.10. The van der Waals surface area contributed by atoms with Gasteiger partial charge in [-0.15, -0.1) is 0 Å². The van der Waals surface area contributed by atoms with E-state index in [1.54, 1.807) is 30.4 Å². The van der Waals surface area contributed by atoms with Crippen molar-refractivity contribution in [2.75, 3.05) is 19.1 Å². The highest BCUT2D eigenvalue weighted by molar-refractivity contribution is 7.10. The Balaban J connectivity index is 1.61. The normalized spacial score (nSPS) is 15.1. The molecule has 3 aromatic heterocycles. The first-order valence-electron chi connectivity index (χ1n) is 7.89. The van der Waals surface area contributed by atoms with E-state index in [0.29, 0.717) is 23.9 Å². The Bertz CT molecular complexity index is 861. The molecule has 3 heterocycles. The summed E-state index contributed by atoms with van der Waals surface area (Å²) in [7, 11) is 1.57. The Labute approximate surface area is 148 Å². The maximum Gasteiger partial charge on any atom is 0.228 e. The van der Waals surface area contributed by atoms with Crippen LogP contribution in [0.1, 0.15) is 12.8 Å². The first-order chi connectivity index (χ1) is 12.2. The fraction of sp³-hybridized carbons (Fsp3) is 0.375. The van der Waals surface area contributed by atoms with Gasteiger partial charge < -0.3 is 10.1 Å². The molecule has 0 aliphatic heterocycles. The molecule has 1 saturated carbocycles. The minimum absolute atomic E-state index is 0.224. The first kappa shape index (κ1) is 15.9. The molecule has 0 saturated heterocycles. The molecule has 1 aliphatic carbocycles. The number of rotatable bonds is 7. The standard InChI is InChI=1S/C16H17FN6OS/c1-24-12-7-18-15(21-13-2-5-20-25-13)22-14(12)11-6-19-23(8-11)10-16(9-17)3-4-16/h2,5-8H,3-4,9-10H2,1H3,(H,18,21,22). The Kier molecular flexibility index (Phi) is 4.08. The molecule has 130 valence electrons. The molecular formula is C16H17FN6OS. The summed E-state index contributed by atoms with van der Waals surface area (Å²) in [6, 6.07) is 1.85. The molecule has 0 atom stereocenters. The topological polar surface area (TPSA) is 77.8 Å². The molecule has 25 heavy (non-hydrogen) atoms. The molecule has 3 aromatic rings. The Hall–Kier alpha value is -2.55. The fourth-order valence-corrected chi connectivity index (χ4v) is 3.10. The van der Waals surface area contributed by atoms with Crippen LogP contribution in [0.3, 0.4) is 0 Å². The third-order valence-electron chi connectivity index (χ3n) is 4.29. The maximum atomic E-state index is 13.1. The van der Waals surface area contributed by atoms with Crippen LogP contribution < -0.4 is 10.1 Å². The number of nitrogens with one attached hydrogen (secondary N) is 1. The van der Waals surface area contributed by atoms with Crippen molar-refractivity contribution in [1.82, 2.24) is 24.1 Å². The van der Waals surface area contributed by atoms with Crippen molar-refractivity contribution in [3.8, 4) is 17.0 Å². The highest BCUT2D eigenvalue weighted by atomic mass is 32.1. The highest BCUT2D eigenvalue weighted by Gasteiger charge is 2.43. The van der Waals surface area contributed by atoms with Crippen molar-refractivity contribution in [3.05, 3.63) is 30.9 Å². The van der Waals surface area contributed by atoms with E-state index in [2.05, 4.69) is 24.8 Å². The number of methoxy groups -OCH3 is 1. The molecule has 0 bridgehead atoms. The second-order valence-corrected chi connectivity index (χ2v) is 7.01. The number of halogens is 1. The van der Waals surface area contributed by atoms with Gasteiger partial charge in [-0.25, -0.2) is 9.97 Å². The summed E-state index contributed by atoms with van der Waals surface area (Å²) in [4.78, 5) is 8.79. The predicted molar refractivity (Wildman–Crippen MR) is 92.8 cm³/mol. The smallest absolute Gasteiger partial charge is 0.228 e. The summed E-state index contributed by atoms with van der Waals surface area (Å²) in [5, 5.41) is 8.32. The quantitative estimate of drug-likeness (QED) is 0.697. The molecule has 7 nitrogen and oxygen atoms in total. The Morgan fingerprint density at radius 3 is 2.96 bits per heavy atom. The molecule has 0 amide bonds. The number of aromatic nitrogens is 5. The van der Waals surface area contributed by atoms with Crippen molar-refractivity contribution in [2.24, 2.45) is 5.41 Å². The van der Waals surface area contributed by atoms with E-state index < -0.39 is 0 Å². The van der Waals surface area contributed by atoms with Gasteiger partial charge in [0.05, 0.1) is 26.2 Å². The van der Waals surface area contributed by atoms with Crippen LogP contribution in [-0.4, -0.2) is 37.9 Å². The largest absolute Gasteiger partial charge is 0.493 e. The van der Waals surface area contributed by atoms with E-state index in [9.17, 15) is 4.39 Å². The van der Waals surface area contributed by atoms with Gasteiger partial charge in [0.1, 0.15) is 10.7 Å². The number of ether oxygens (including phenoxy) is 1. The predicted octanol–water partition coefficient (Wildman–Crippen LogP) is 3.30. The number of anilines is 2. The van der Waals surface area contributed by atoms with Crippen molar-refractivity contribution < 1.29 is 9.13 Å². The Morgan fingerprint density at radius 2 is 2.28 bits per heavy atom. The average molecular weight is 360 g/mol. The van der Waals surface area contributed by atoms with Crippen LogP contribution in [0.25, 0.3) is 11.3 Å². The summed E-state index contributed by atoms with van der Waals surface area (Å²) < 4.78 is 24.3. The zero-order chi connectivity index (χ0) is 17.3. The fourth-order valence-electron chi connectivity index (χ4n) is 2.60. The van der Waals surface area contributed by atoms with Crippen LogP contribution in [0.2, 0.25) is 0 Å². The maximum absolute atomic E-state index is 13.1. The van der Waals surface area contributed by atoms with Crippen LogP contribution in [-0.2, 0) is 6.54 Å². The molecule has 9 heteroatoms. The molecule has 1 N–H and O–H groups in total. The lowest BCUT2D eigenvalue weighted by Crippen LogP contribution is -2.13. The van der Waals surface area contributed by atoms with Gasteiger partial charge >= 0.3 is 0 Å². The minimum Gasteiger partial charge on any atom is -0.493 e. The molecule has 0 spiro atoms. The first-order valence-corrected chi connectivity index (χ1v) is 8.66. The van der Waals surface area contributed by atoms with E-state index in [0.717, 1.165) is 23.4 Å². The third kappa shape index (κ3) is 3.32. The number of hydrogen-bond acceptors (Lipinski definition) is 7. The molecular weight excluding hydrogens is 343 g/mol. The second kappa shape index (κ2) is 6.40. The number of nitrogens with zero attached hydrogens (tertiary/aromatic N) is 5. The van der Waals surface area contributed by atoms with Crippen LogP contribution in [0.4, 0.5) is 15.3 Å². The van der Waals surface area contributed by atoms with Crippen molar-refractivity contribution in [1.29, 1.82) is 0 Å². The molecule has 1 aliphatic rings. The van der Waals surface area contributed by atoms with Crippen LogP contribution in [0.15, 0.2) is 30.9 Å². The lowest BCUT2D eigenvalue weighted by molar-refractivity contribution is 0.294. The van der Waals surface area contributed by atoms with Gasteiger partial charge in [0.15, 0.2) is 5.75 Å². The van der Waals surface area contributed by atoms with Gasteiger partial charge in [-0.2, -0.15) is 9.47 Å². The monoisotopic (exact) mass is 360 g/mol. The van der Waals surface area contributed by atoms with Gasteiger partial charge in [0.25, 0.3) is 0 Å². The number of alkyl halides is 1. The van der Waals surface area contributed by atoms with Crippen molar-refractivity contribution in [2.45, 2.75) is 19.4 Å².